The zero-order valence-corrected chi connectivity index (χ0v) is 12.5. The fourth-order valence-corrected chi connectivity index (χ4v) is 3.87. The molecular formula is C15H20N4S+2. The van der Waals surface area contributed by atoms with E-state index >= 15 is 0 Å². The summed E-state index contributed by atoms with van der Waals surface area (Å²) >= 11 is 1.81. The Morgan fingerprint density at radius 3 is 2.75 bits per heavy atom. The van der Waals surface area contributed by atoms with Crippen molar-refractivity contribution in [1.82, 2.24) is 4.98 Å². The van der Waals surface area contributed by atoms with Crippen LogP contribution in [-0.2, 0) is 6.54 Å². The molecule has 2 heterocycles. The summed E-state index contributed by atoms with van der Waals surface area (Å²) < 4.78 is 1.28. The summed E-state index contributed by atoms with van der Waals surface area (Å²) in [5, 5.41) is 10.2. The van der Waals surface area contributed by atoms with Gasteiger partial charge in [-0.2, -0.15) is 5.26 Å². The lowest BCUT2D eigenvalue weighted by atomic mass is 10.2. The highest BCUT2D eigenvalue weighted by Crippen LogP contribution is 2.20. The van der Waals surface area contributed by atoms with E-state index in [-0.39, 0.29) is 6.04 Å². The van der Waals surface area contributed by atoms with E-state index < -0.39 is 0 Å². The van der Waals surface area contributed by atoms with Gasteiger partial charge >= 0.3 is 0 Å². The summed E-state index contributed by atoms with van der Waals surface area (Å²) in [6, 6.07) is 10.8. The Labute approximate surface area is 123 Å². The lowest BCUT2D eigenvalue weighted by molar-refractivity contribution is -1.02. The van der Waals surface area contributed by atoms with E-state index in [1.807, 2.05) is 24.3 Å². The number of piperazine rings is 1. The van der Waals surface area contributed by atoms with Gasteiger partial charge in [0, 0.05) is 6.92 Å². The molecule has 20 heavy (non-hydrogen) atoms. The molecule has 0 radical (unpaired) electrons. The molecule has 4 nitrogen and oxygen atoms in total. The van der Waals surface area contributed by atoms with Crippen LogP contribution in [0.3, 0.4) is 0 Å². The van der Waals surface area contributed by atoms with E-state index in [9.17, 15) is 0 Å². The molecule has 0 saturated carbocycles. The van der Waals surface area contributed by atoms with Crippen LogP contribution < -0.4 is 9.80 Å². The smallest absolute Gasteiger partial charge is 0.172 e. The fraction of sp³-hybridized carbons (Fsp3) is 0.467. The van der Waals surface area contributed by atoms with Gasteiger partial charge in [-0.25, -0.2) is 4.98 Å². The summed E-state index contributed by atoms with van der Waals surface area (Å²) in [7, 11) is 0. The number of nitrogens with one attached hydrogen (secondary N) is 2. The van der Waals surface area contributed by atoms with Crippen molar-refractivity contribution in [3.8, 4) is 6.07 Å². The number of rotatable bonds is 3. The third-order valence-corrected chi connectivity index (χ3v) is 5.18. The molecule has 0 bridgehead atoms. The van der Waals surface area contributed by atoms with Crippen molar-refractivity contribution >= 4 is 21.6 Å². The van der Waals surface area contributed by atoms with Crippen LogP contribution in [0.5, 0.6) is 0 Å². The first kappa shape index (κ1) is 13.5. The summed E-state index contributed by atoms with van der Waals surface area (Å²) in [6.07, 6.45) is 0. The number of thiazole rings is 1. The molecule has 1 aliphatic rings. The molecule has 2 aromatic rings. The predicted molar refractivity (Wildman–Crippen MR) is 79.8 cm³/mol. The molecule has 0 spiro atoms. The van der Waals surface area contributed by atoms with Gasteiger partial charge in [-0.1, -0.05) is 12.1 Å². The summed E-state index contributed by atoms with van der Waals surface area (Å²) in [4.78, 5) is 7.74. The van der Waals surface area contributed by atoms with Crippen molar-refractivity contribution in [2.45, 2.75) is 19.5 Å². The van der Waals surface area contributed by atoms with Gasteiger partial charge in [0.2, 0.25) is 0 Å². The van der Waals surface area contributed by atoms with Crippen molar-refractivity contribution in [3.63, 3.8) is 0 Å². The molecule has 2 N–H and O–H groups in total. The highest BCUT2D eigenvalue weighted by molar-refractivity contribution is 7.18. The lowest BCUT2D eigenvalue weighted by Gasteiger charge is -2.30. The van der Waals surface area contributed by atoms with Crippen LogP contribution in [0.25, 0.3) is 10.2 Å². The van der Waals surface area contributed by atoms with Crippen LogP contribution in [-0.4, -0.2) is 37.2 Å². The number of aromatic nitrogens is 1. The van der Waals surface area contributed by atoms with Gasteiger partial charge in [0.25, 0.3) is 0 Å². The maximum Gasteiger partial charge on any atom is 0.172 e. The minimum Gasteiger partial charge on any atom is -0.320 e. The second-order valence-corrected chi connectivity index (χ2v) is 6.63. The van der Waals surface area contributed by atoms with Gasteiger partial charge < -0.3 is 9.80 Å². The standard InChI is InChI=1S/C15H18N4S/c1-12(10-16)19-8-6-18(7-9-19)11-15-17-13-4-2-3-5-14(13)20-15/h2-5,12H,6-9,11H2,1H3/p+2/t12-/m0/s1. The second kappa shape index (κ2) is 5.88. The molecular weight excluding hydrogens is 268 g/mol. The Morgan fingerprint density at radius 2 is 2.05 bits per heavy atom. The summed E-state index contributed by atoms with van der Waals surface area (Å²) in [5.41, 5.74) is 1.12. The van der Waals surface area contributed by atoms with Crippen LogP contribution in [0.2, 0.25) is 0 Å². The highest BCUT2D eigenvalue weighted by atomic mass is 32.1. The molecule has 5 heteroatoms. The van der Waals surface area contributed by atoms with Crippen LogP contribution >= 0.6 is 11.3 Å². The predicted octanol–water partition coefficient (Wildman–Crippen LogP) is -0.508. The molecule has 3 rings (SSSR count). The zero-order chi connectivity index (χ0) is 13.9. The Bertz CT molecular complexity index is 589. The van der Waals surface area contributed by atoms with E-state index in [0.29, 0.717) is 0 Å². The van der Waals surface area contributed by atoms with E-state index in [4.69, 9.17) is 10.2 Å². The lowest BCUT2D eigenvalue weighted by Crippen LogP contribution is -3.29. The van der Waals surface area contributed by atoms with Gasteiger partial charge in [-0.3, -0.25) is 0 Å². The molecule has 0 amide bonds. The van der Waals surface area contributed by atoms with E-state index in [1.165, 1.54) is 14.6 Å². The Kier molecular flexibility index (Phi) is 3.97. The van der Waals surface area contributed by atoms with Crippen molar-refractivity contribution in [1.29, 1.82) is 5.26 Å². The van der Waals surface area contributed by atoms with E-state index in [0.717, 1.165) is 38.2 Å². The number of para-hydroxylation sites is 1. The number of hydrogen-bond acceptors (Lipinski definition) is 3. The van der Waals surface area contributed by atoms with Gasteiger partial charge in [0.15, 0.2) is 6.04 Å². The molecule has 0 unspecified atom stereocenters. The van der Waals surface area contributed by atoms with Crippen LogP contribution in [0.4, 0.5) is 0 Å². The normalized spacial score (nSPS) is 24.4. The Balaban J connectivity index is 1.61. The molecule has 1 aromatic carbocycles. The zero-order valence-electron chi connectivity index (χ0n) is 11.7. The third-order valence-electron chi connectivity index (χ3n) is 4.14. The van der Waals surface area contributed by atoms with E-state index in [1.54, 1.807) is 4.90 Å². The van der Waals surface area contributed by atoms with Crippen LogP contribution in [0, 0.1) is 11.3 Å². The molecule has 1 aliphatic heterocycles. The Hall–Kier alpha value is -1.48. The molecule has 1 atom stereocenters. The van der Waals surface area contributed by atoms with Crippen molar-refractivity contribution in [3.05, 3.63) is 29.3 Å². The summed E-state index contributed by atoms with van der Waals surface area (Å²) in [6.45, 7) is 7.50. The van der Waals surface area contributed by atoms with E-state index in [2.05, 4.69) is 24.3 Å². The van der Waals surface area contributed by atoms with Gasteiger partial charge in [0.05, 0.1) is 10.2 Å². The number of nitrogens with zero attached hydrogens (tertiary/aromatic N) is 2. The molecule has 0 aliphatic carbocycles. The van der Waals surface area contributed by atoms with Gasteiger partial charge in [-0.05, 0) is 12.1 Å². The van der Waals surface area contributed by atoms with Gasteiger partial charge in [0.1, 0.15) is 43.8 Å². The minimum absolute atomic E-state index is 0.124. The minimum atomic E-state index is 0.124. The maximum absolute atomic E-state index is 8.98. The van der Waals surface area contributed by atoms with Crippen LogP contribution in [0.1, 0.15) is 11.9 Å². The Morgan fingerprint density at radius 1 is 1.30 bits per heavy atom. The molecule has 1 aromatic heterocycles. The second-order valence-electron chi connectivity index (χ2n) is 5.51. The highest BCUT2D eigenvalue weighted by Gasteiger charge is 2.27. The average molecular weight is 288 g/mol. The number of benzene rings is 1. The number of nitriles is 1. The first-order valence-corrected chi connectivity index (χ1v) is 8.00. The maximum atomic E-state index is 8.98. The fourth-order valence-electron chi connectivity index (χ4n) is 2.84. The van der Waals surface area contributed by atoms with Crippen molar-refractivity contribution in [2.75, 3.05) is 26.2 Å². The van der Waals surface area contributed by atoms with Crippen molar-refractivity contribution < 1.29 is 9.80 Å². The SMILES string of the molecule is C[C@@H](C#N)[NH+]1CC[NH+](Cc2nc3ccccc3s2)CC1. The van der Waals surface area contributed by atoms with Gasteiger partial charge in [-0.15, -0.1) is 11.3 Å². The third kappa shape index (κ3) is 2.83. The number of hydrogen-bond donors (Lipinski definition) is 2. The molecule has 1 saturated heterocycles. The summed E-state index contributed by atoms with van der Waals surface area (Å²) in [5.74, 6) is 0. The molecule has 1 fully saturated rings. The first-order valence-electron chi connectivity index (χ1n) is 7.18. The first-order chi connectivity index (χ1) is 9.76. The topological polar surface area (TPSA) is 45.6 Å². The number of fused-ring (bicyclic) bond motifs is 1. The quantitative estimate of drug-likeness (QED) is 0.799. The molecule has 104 valence electrons. The monoisotopic (exact) mass is 288 g/mol. The van der Waals surface area contributed by atoms with Crippen LogP contribution in [0.15, 0.2) is 24.3 Å². The average Bonchev–Trinajstić information content (AvgIpc) is 2.89. The largest absolute Gasteiger partial charge is 0.320 e. The number of quaternary nitrogens is 2. The van der Waals surface area contributed by atoms with Crippen molar-refractivity contribution in [2.24, 2.45) is 0 Å².